The molecule has 0 radical (unpaired) electrons. The molecule has 0 saturated carbocycles. The van der Waals surface area contributed by atoms with Crippen molar-refractivity contribution in [3.05, 3.63) is 30.3 Å². The van der Waals surface area contributed by atoms with Crippen molar-refractivity contribution < 1.29 is 225 Å². The largest absolute Gasteiger partial charge is 1.00 e. The van der Waals surface area contributed by atoms with E-state index >= 15 is 0 Å². The van der Waals surface area contributed by atoms with E-state index in [1.165, 1.54) is 0 Å². The van der Waals surface area contributed by atoms with Crippen LogP contribution in [-0.4, -0.2) is 38.9 Å². The summed E-state index contributed by atoms with van der Waals surface area (Å²) < 4.78 is 95.0. The smallest absolute Gasteiger partial charge is 1.00 e. The predicted octanol–water partition coefficient (Wildman–Crippen LogP) is -16.7. The SMILES string of the molecule is O=S(=O)(O)c1cc(S(=O)(=O)O)c2cccc(S(=O)(=O)O)c2c1.[H-].[H-].[H-].[H-].[H-].[H-].[Na+].[Na+].[Na+].[Na+].[Na+].[Na+]. The first-order valence-corrected chi connectivity index (χ1v) is 9.63. The molecule has 9 nitrogen and oxygen atoms in total. The molecular formula is C10H14Na6O9S3. The van der Waals surface area contributed by atoms with Gasteiger partial charge in [-0.3, -0.25) is 13.7 Å². The summed E-state index contributed by atoms with van der Waals surface area (Å²) in [7, 11) is -14.6. The van der Waals surface area contributed by atoms with E-state index in [0.29, 0.717) is 12.1 Å². The van der Waals surface area contributed by atoms with Gasteiger partial charge in [-0.15, -0.1) is 0 Å². The monoisotopic (exact) mass is 512 g/mol. The van der Waals surface area contributed by atoms with Crippen LogP contribution in [0.1, 0.15) is 8.56 Å². The van der Waals surface area contributed by atoms with Crippen molar-refractivity contribution in [2.75, 3.05) is 0 Å². The molecule has 0 fully saturated rings. The van der Waals surface area contributed by atoms with Gasteiger partial charge in [0.25, 0.3) is 30.4 Å². The van der Waals surface area contributed by atoms with Gasteiger partial charge < -0.3 is 8.56 Å². The quantitative estimate of drug-likeness (QED) is 0.268. The van der Waals surface area contributed by atoms with Gasteiger partial charge in [-0.1, -0.05) is 12.1 Å². The van der Waals surface area contributed by atoms with E-state index in [9.17, 15) is 25.3 Å². The fourth-order valence-corrected chi connectivity index (χ4v) is 3.92. The molecule has 0 amide bonds. The summed E-state index contributed by atoms with van der Waals surface area (Å²) in [5, 5.41) is -0.835. The maximum absolute atomic E-state index is 11.4. The standard InChI is InChI=1S/C10H8O9S3.6Na.6H/c11-20(12,13)6-4-8-7(10(5-6)22(17,18)19)2-1-3-9(8)21(14,15)16;;;;;;;;;;;;/h1-5H,(H,11,12,13)(H,14,15,16)(H,17,18,19);;;;;;;;;;;;/q;6*+1;6*-1. The van der Waals surface area contributed by atoms with E-state index < -0.39 is 50.4 Å². The van der Waals surface area contributed by atoms with Gasteiger partial charge >= 0.3 is 177 Å². The van der Waals surface area contributed by atoms with Gasteiger partial charge in [0.2, 0.25) is 0 Å². The van der Waals surface area contributed by atoms with E-state index in [4.69, 9.17) is 13.7 Å². The van der Waals surface area contributed by atoms with Crippen LogP contribution in [0.15, 0.2) is 45.0 Å². The minimum Gasteiger partial charge on any atom is -1.00 e. The topological polar surface area (TPSA) is 163 Å². The molecular weight excluding hydrogens is 498 g/mol. The van der Waals surface area contributed by atoms with Crippen LogP contribution in [0.25, 0.3) is 10.8 Å². The Morgan fingerprint density at radius 3 is 1.36 bits per heavy atom. The predicted molar refractivity (Wildman–Crippen MR) is 80.1 cm³/mol. The van der Waals surface area contributed by atoms with Crippen molar-refractivity contribution in [1.29, 1.82) is 0 Å². The molecule has 2 aromatic rings. The van der Waals surface area contributed by atoms with Crippen LogP contribution in [0.3, 0.4) is 0 Å². The van der Waals surface area contributed by atoms with Crippen LogP contribution in [0.2, 0.25) is 0 Å². The molecule has 0 aliphatic heterocycles. The Labute approximate surface area is 304 Å². The van der Waals surface area contributed by atoms with Gasteiger partial charge in [-0.25, -0.2) is 0 Å². The molecule has 0 heterocycles. The molecule has 18 heteroatoms. The van der Waals surface area contributed by atoms with Gasteiger partial charge in [0.05, 0.1) is 4.90 Å². The molecule has 0 aliphatic rings. The first-order valence-electron chi connectivity index (χ1n) is 5.31. The zero-order valence-corrected chi connectivity index (χ0v) is 30.9. The van der Waals surface area contributed by atoms with Crippen LogP contribution in [-0.2, 0) is 30.4 Å². The third kappa shape index (κ3) is 11.2. The Kier molecular flexibility index (Phi) is 24.6. The van der Waals surface area contributed by atoms with Crippen molar-refractivity contribution in [1.82, 2.24) is 0 Å². The summed E-state index contributed by atoms with van der Waals surface area (Å²) in [6.45, 7) is 0. The maximum Gasteiger partial charge on any atom is 1.00 e. The van der Waals surface area contributed by atoms with E-state index in [-0.39, 0.29) is 191 Å². The summed E-state index contributed by atoms with van der Waals surface area (Å²) in [5.41, 5.74) is 0. The van der Waals surface area contributed by atoms with E-state index in [1.807, 2.05) is 0 Å². The average molecular weight is 512 g/mol. The molecule has 2 rings (SSSR count). The molecule has 2 aromatic carbocycles. The number of hydrogen-bond donors (Lipinski definition) is 3. The fourth-order valence-electron chi connectivity index (χ4n) is 1.89. The number of benzene rings is 2. The van der Waals surface area contributed by atoms with Crippen LogP contribution < -0.4 is 177 Å². The van der Waals surface area contributed by atoms with Gasteiger partial charge in [-0.05, 0) is 18.2 Å². The minimum absolute atomic E-state index is 0. The maximum atomic E-state index is 11.4. The third-order valence-corrected chi connectivity index (χ3v) is 5.38. The molecule has 0 unspecified atom stereocenters. The van der Waals surface area contributed by atoms with Gasteiger partial charge in [-0.2, -0.15) is 25.3 Å². The molecule has 3 N–H and O–H groups in total. The Morgan fingerprint density at radius 1 is 0.571 bits per heavy atom. The Morgan fingerprint density at radius 2 is 1.00 bits per heavy atom. The van der Waals surface area contributed by atoms with Gasteiger partial charge in [0.15, 0.2) is 0 Å². The van der Waals surface area contributed by atoms with E-state index in [1.54, 1.807) is 0 Å². The van der Waals surface area contributed by atoms with E-state index in [0.717, 1.165) is 18.2 Å². The first-order chi connectivity index (χ1) is 9.82. The van der Waals surface area contributed by atoms with Gasteiger partial charge in [0.1, 0.15) is 9.79 Å². The summed E-state index contributed by atoms with van der Waals surface area (Å²) in [6.07, 6.45) is 0. The summed E-state index contributed by atoms with van der Waals surface area (Å²) >= 11 is 0. The normalized spacial score (nSPS) is 10.5. The first kappa shape index (κ1) is 42.6. The zero-order valence-electron chi connectivity index (χ0n) is 22.4. The molecule has 28 heavy (non-hydrogen) atoms. The Hall–Kier alpha value is 4.43. The van der Waals surface area contributed by atoms with E-state index in [2.05, 4.69) is 0 Å². The van der Waals surface area contributed by atoms with Gasteiger partial charge in [0, 0.05) is 10.8 Å². The van der Waals surface area contributed by atoms with Crippen LogP contribution in [0, 0.1) is 0 Å². The van der Waals surface area contributed by atoms with Crippen molar-refractivity contribution in [2.45, 2.75) is 14.7 Å². The van der Waals surface area contributed by atoms with Crippen molar-refractivity contribution >= 4 is 41.1 Å². The minimum atomic E-state index is -4.93. The molecule has 0 aromatic heterocycles. The number of rotatable bonds is 3. The summed E-state index contributed by atoms with van der Waals surface area (Å²) in [6, 6.07) is 4.23. The average Bonchev–Trinajstić information content (AvgIpc) is 2.33. The molecule has 132 valence electrons. The van der Waals surface area contributed by atoms with Crippen molar-refractivity contribution in [3.8, 4) is 0 Å². The molecule has 0 bridgehead atoms. The third-order valence-electron chi connectivity index (χ3n) is 2.75. The fraction of sp³-hybridized carbons (Fsp3) is 0. The van der Waals surface area contributed by atoms with Crippen molar-refractivity contribution in [2.24, 2.45) is 0 Å². The molecule has 0 spiro atoms. The molecule has 0 atom stereocenters. The van der Waals surface area contributed by atoms with Crippen LogP contribution in [0.5, 0.6) is 0 Å². The second kappa shape index (κ2) is 16.2. The van der Waals surface area contributed by atoms with Crippen LogP contribution in [0.4, 0.5) is 0 Å². The molecule has 0 aliphatic carbocycles. The summed E-state index contributed by atoms with van der Waals surface area (Å²) in [4.78, 5) is -2.66. The molecule has 0 saturated heterocycles. The van der Waals surface area contributed by atoms with Crippen molar-refractivity contribution in [3.63, 3.8) is 0 Å². The second-order valence-electron chi connectivity index (χ2n) is 4.20. The zero-order chi connectivity index (χ0) is 16.9. The Bertz CT molecular complexity index is 1120. The van der Waals surface area contributed by atoms with Crippen LogP contribution >= 0.6 is 0 Å². The number of hydrogen-bond acceptors (Lipinski definition) is 6. The summed E-state index contributed by atoms with van der Waals surface area (Å²) in [5.74, 6) is 0. The number of fused-ring (bicyclic) bond motifs is 1. The second-order valence-corrected chi connectivity index (χ2v) is 8.40. The Balaban J connectivity index is -0.0000000490.